The fourth-order valence-electron chi connectivity index (χ4n) is 1.59. The second kappa shape index (κ2) is 6.20. The van der Waals surface area contributed by atoms with E-state index in [0.717, 1.165) is 23.7 Å². The average Bonchev–Trinajstić information content (AvgIpc) is 2.30. The quantitative estimate of drug-likeness (QED) is 0.826. The lowest BCUT2D eigenvalue weighted by atomic mass is 9.95. The number of hydrogen-bond acceptors (Lipinski definition) is 1. The van der Waals surface area contributed by atoms with E-state index in [-0.39, 0.29) is 11.4 Å². The largest absolute Gasteiger partial charge is 0.347 e. The Balaban J connectivity index is 2.74. The predicted octanol–water partition coefficient (Wildman–Crippen LogP) is 3.68. The minimum atomic E-state index is -0.133. The van der Waals surface area contributed by atoms with Crippen LogP contribution in [-0.4, -0.2) is 16.8 Å². The van der Waals surface area contributed by atoms with Gasteiger partial charge in [-0.05, 0) is 38.8 Å². The topological polar surface area (TPSA) is 29.1 Å². The molecule has 1 rings (SSSR count). The lowest BCUT2D eigenvalue weighted by molar-refractivity contribution is 0.0902. The van der Waals surface area contributed by atoms with Crippen LogP contribution in [0.15, 0.2) is 24.3 Å². The number of nitrogens with one attached hydrogen (secondary N) is 1. The highest BCUT2D eigenvalue weighted by Crippen LogP contribution is 2.17. The number of carbonyl (C=O) groups is 1. The summed E-state index contributed by atoms with van der Waals surface area (Å²) in [5.74, 6) is 0.00954. The van der Waals surface area contributed by atoms with Crippen LogP contribution >= 0.6 is 15.9 Å². The number of hydrogen-bond donors (Lipinski definition) is 1. The molecule has 0 aliphatic heterocycles. The molecular weight excluding hydrogens is 278 g/mol. The fourth-order valence-corrected chi connectivity index (χ4v) is 2.46. The van der Waals surface area contributed by atoms with Crippen LogP contribution in [0.1, 0.15) is 42.6 Å². The highest BCUT2D eigenvalue weighted by molar-refractivity contribution is 9.09. The molecule has 1 unspecified atom stereocenters. The van der Waals surface area contributed by atoms with Crippen LogP contribution in [-0.2, 0) is 0 Å². The second-order valence-corrected chi connectivity index (χ2v) is 5.47. The van der Waals surface area contributed by atoms with E-state index in [4.69, 9.17) is 0 Å². The number of alkyl halides is 1. The molecule has 0 bridgehead atoms. The van der Waals surface area contributed by atoms with E-state index in [9.17, 15) is 4.79 Å². The van der Waals surface area contributed by atoms with Gasteiger partial charge in [0.05, 0.1) is 0 Å². The molecule has 3 heteroatoms. The molecule has 0 aromatic heterocycles. The smallest absolute Gasteiger partial charge is 0.251 e. The molecule has 1 N–H and O–H groups in total. The Bertz CT molecular complexity index is 374. The Hall–Kier alpha value is -0.830. The maximum Gasteiger partial charge on any atom is 0.251 e. The van der Waals surface area contributed by atoms with Crippen LogP contribution in [0.3, 0.4) is 0 Å². The van der Waals surface area contributed by atoms with Crippen LogP contribution in [0.5, 0.6) is 0 Å². The van der Waals surface area contributed by atoms with Crippen molar-refractivity contribution in [1.29, 1.82) is 0 Å². The van der Waals surface area contributed by atoms with Crippen molar-refractivity contribution in [2.75, 3.05) is 5.33 Å². The number of aryl methyl sites for hydroxylation is 1. The summed E-state index contributed by atoms with van der Waals surface area (Å²) in [5, 5.41) is 4.01. The van der Waals surface area contributed by atoms with Gasteiger partial charge in [0.2, 0.25) is 0 Å². The molecule has 0 heterocycles. The van der Waals surface area contributed by atoms with Gasteiger partial charge in [-0.1, -0.05) is 40.5 Å². The summed E-state index contributed by atoms with van der Waals surface area (Å²) >= 11 is 3.43. The summed E-state index contributed by atoms with van der Waals surface area (Å²) in [7, 11) is 0. The molecule has 0 aliphatic rings. The number of carbonyl (C=O) groups excluding carboxylic acids is 1. The maximum atomic E-state index is 12.1. The van der Waals surface area contributed by atoms with E-state index in [1.807, 2.05) is 31.2 Å². The van der Waals surface area contributed by atoms with Crippen molar-refractivity contribution in [3.05, 3.63) is 35.4 Å². The fraction of sp³-hybridized carbons (Fsp3) is 0.500. The first-order chi connectivity index (χ1) is 8.00. The lowest BCUT2D eigenvalue weighted by Crippen LogP contribution is -2.45. The molecule has 0 saturated carbocycles. The summed E-state index contributed by atoms with van der Waals surface area (Å²) < 4.78 is 0. The van der Waals surface area contributed by atoms with E-state index in [2.05, 4.69) is 35.1 Å². The number of amides is 1. The summed E-state index contributed by atoms with van der Waals surface area (Å²) in [5.41, 5.74) is 1.76. The normalized spacial score (nSPS) is 14.1. The molecule has 17 heavy (non-hydrogen) atoms. The van der Waals surface area contributed by atoms with E-state index in [0.29, 0.717) is 0 Å². The summed E-state index contributed by atoms with van der Waals surface area (Å²) in [4.78, 5) is 12.1. The monoisotopic (exact) mass is 297 g/mol. The van der Waals surface area contributed by atoms with E-state index >= 15 is 0 Å². The van der Waals surface area contributed by atoms with Gasteiger partial charge in [-0.25, -0.2) is 0 Å². The maximum absolute atomic E-state index is 12.1. The van der Waals surface area contributed by atoms with Crippen molar-refractivity contribution < 1.29 is 4.79 Å². The first-order valence-electron chi connectivity index (χ1n) is 5.96. The van der Waals surface area contributed by atoms with Crippen LogP contribution < -0.4 is 5.32 Å². The average molecular weight is 298 g/mol. The van der Waals surface area contributed by atoms with Gasteiger partial charge in [0.15, 0.2) is 0 Å². The number of rotatable bonds is 5. The van der Waals surface area contributed by atoms with E-state index in [1.54, 1.807) is 0 Å². The molecule has 0 spiro atoms. The molecule has 1 amide bonds. The molecule has 2 nitrogen and oxygen atoms in total. The van der Waals surface area contributed by atoms with Gasteiger partial charge in [0.1, 0.15) is 0 Å². The standard InChI is InChI=1S/C14H20BrNO/c1-4-14(3,9-10-15)16-13(17)12-7-5-11(2)6-8-12/h5-8H,4,9-10H2,1-3H3,(H,16,17). The van der Waals surface area contributed by atoms with E-state index < -0.39 is 0 Å². The molecule has 0 aliphatic carbocycles. The van der Waals surface area contributed by atoms with Crippen molar-refractivity contribution in [2.45, 2.75) is 39.2 Å². The third kappa shape index (κ3) is 4.15. The molecule has 0 fully saturated rings. The van der Waals surface area contributed by atoms with Gasteiger partial charge in [-0.2, -0.15) is 0 Å². The van der Waals surface area contributed by atoms with Crippen molar-refractivity contribution in [2.24, 2.45) is 0 Å². The Kier molecular flexibility index (Phi) is 5.19. The highest BCUT2D eigenvalue weighted by Gasteiger charge is 2.23. The highest BCUT2D eigenvalue weighted by atomic mass is 79.9. The van der Waals surface area contributed by atoms with Crippen molar-refractivity contribution in [3.63, 3.8) is 0 Å². The van der Waals surface area contributed by atoms with Gasteiger partial charge >= 0.3 is 0 Å². The molecule has 0 saturated heterocycles. The Labute approximate surface area is 112 Å². The van der Waals surface area contributed by atoms with Crippen LogP contribution in [0, 0.1) is 6.92 Å². The van der Waals surface area contributed by atoms with Crippen LogP contribution in [0.25, 0.3) is 0 Å². The van der Waals surface area contributed by atoms with E-state index in [1.165, 1.54) is 5.56 Å². The van der Waals surface area contributed by atoms with Crippen LogP contribution in [0.2, 0.25) is 0 Å². The lowest BCUT2D eigenvalue weighted by Gasteiger charge is -2.29. The summed E-state index contributed by atoms with van der Waals surface area (Å²) in [6.07, 6.45) is 1.86. The molecule has 1 aromatic rings. The Morgan fingerprint density at radius 1 is 1.35 bits per heavy atom. The SMILES string of the molecule is CCC(C)(CCBr)NC(=O)c1ccc(C)cc1. The third-order valence-electron chi connectivity index (χ3n) is 3.16. The summed E-state index contributed by atoms with van der Waals surface area (Å²) in [6.45, 7) is 6.20. The first kappa shape index (κ1) is 14.2. The van der Waals surface area contributed by atoms with Gasteiger partial charge < -0.3 is 5.32 Å². The minimum Gasteiger partial charge on any atom is -0.347 e. The van der Waals surface area contributed by atoms with Crippen molar-refractivity contribution in [1.82, 2.24) is 5.32 Å². The van der Waals surface area contributed by atoms with Gasteiger partial charge in [-0.15, -0.1) is 0 Å². The molecular formula is C14H20BrNO. The molecule has 0 radical (unpaired) electrons. The van der Waals surface area contributed by atoms with Crippen molar-refractivity contribution in [3.8, 4) is 0 Å². The zero-order valence-electron chi connectivity index (χ0n) is 10.7. The number of halogens is 1. The predicted molar refractivity (Wildman–Crippen MR) is 75.8 cm³/mol. The van der Waals surface area contributed by atoms with Crippen LogP contribution in [0.4, 0.5) is 0 Å². The second-order valence-electron chi connectivity index (χ2n) is 4.67. The number of benzene rings is 1. The molecule has 94 valence electrons. The molecule has 1 atom stereocenters. The van der Waals surface area contributed by atoms with Gasteiger partial charge in [-0.3, -0.25) is 4.79 Å². The molecule has 1 aromatic carbocycles. The Morgan fingerprint density at radius 2 is 1.94 bits per heavy atom. The van der Waals surface area contributed by atoms with Gasteiger partial charge in [0.25, 0.3) is 5.91 Å². The van der Waals surface area contributed by atoms with Gasteiger partial charge in [0, 0.05) is 16.4 Å². The summed E-state index contributed by atoms with van der Waals surface area (Å²) in [6, 6.07) is 7.66. The zero-order valence-corrected chi connectivity index (χ0v) is 12.3. The zero-order chi connectivity index (χ0) is 12.9. The third-order valence-corrected chi connectivity index (χ3v) is 3.55. The minimum absolute atomic E-state index is 0.00954. The first-order valence-corrected chi connectivity index (χ1v) is 7.08. The Morgan fingerprint density at radius 3 is 2.41 bits per heavy atom. The van der Waals surface area contributed by atoms with Crippen molar-refractivity contribution >= 4 is 21.8 Å².